The first-order chi connectivity index (χ1) is 12.9. The fourth-order valence-corrected chi connectivity index (χ4v) is 3.67. The smallest absolute Gasteiger partial charge is 0.122 e. The van der Waals surface area contributed by atoms with E-state index >= 15 is 0 Å². The molecule has 0 amide bonds. The molecule has 3 heterocycles. The van der Waals surface area contributed by atoms with E-state index in [2.05, 4.69) is 45.5 Å². The Balaban J connectivity index is 1.35. The molecular formula is C21H26N4O. The van der Waals surface area contributed by atoms with Gasteiger partial charge in [-0.25, -0.2) is 4.98 Å². The minimum absolute atomic E-state index is 0.315. The zero-order chi connectivity index (χ0) is 17.6. The van der Waals surface area contributed by atoms with E-state index in [4.69, 9.17) is 4.42 Å². The van der Waals surface area contributed by atoms with E-state index in [1.165, 1.54) is 24.8 Å². The van der Waals surface area contributed by atoms with E-state index in [0.29, 0.717) is 6.04 Å². The molecule has 26 heavy (non-hydrogen) atoms. The lowest BCUT2D eigenvalue weighted by atomic mass is 10.1. The quantitative estimate of drug-likeness (QED) is 0.704. The molecule has 1 aliphatic rings. The Morgan fingerprint density at radius 3 is 2.62 bits per heavy atom. The maximum atomic E-state index is 5.72. The maximum Gasteiger partial charge on any atom is 0.122 e. The highest BCUT2D eigenvalue weighted by Crippen LogP contribution is 2.24. The van der Waals surface area contributed by atoms with Crippen molar-refractivity contribution in [1.29, 1.82) is 0 Å². The van der Waals surface area contributed by atoms with Gasteiger partial charge in [-0.2, -0.15) is 0 Å². The zero-order valence-corrected chi connectivity index (χ0v) is 15.1. The molecule has 1 atom stereocenters. The lowest BCUT2D eigenvalue weighted by Gasteiger charge is -2.33. The standard InChI is InChI=1S/C21H26N4O/c1-2-11-24(12-3-1)20(21-5-4-14-26-21)16-23-15-18-6-8-19(9-7-18)25-13-10-22-17-25/h4-10,13-14,17,20,23H,1-3,11-12,15-16H2. The SMILES string of the molecule is c1coc(C(CNCc2ccc(-n3ccnc3)cc2)N2CCCCC2)c1. The summed E-state index contributed by atoms with van der Waals surface area (Å²) in [6.45, 7) is 4.07. The van der Waals surface area contributed by atoms with Crippen molar-refractivity contribution in [2.75, 3.05) is 19.6 Å². The van der Waals surface area contributed by atoms with E-state index in [9.17, 15) is 0 Å². The molecule has 2 aromatic heterocycles. The van der Waals surface area contributed by atoms with Crippen molar-refractivity contribution in [2.24, 2.45) is 0 Å². The molecule has 0 radical (unpaired) electrons. The van der Waals surface area contributed by atoms with Crippen LogP contribution < -0.4 is 5.32 Å². The van der Waals surface area contributed by atoms with Crippen molar-refractivity contribution >= 4 is 0 Å². The third-order valence-electron chi connectivity index (χ3n) is 5.11. The normalized spacial score (nSPS) is 16.6. The number of nitrogens with zero attached hydrogens (tertiary/aromatic N) is 3. The first-order valence-corrected chi connectivity index (χ1v) is 9.45. The second-order valence-corrected chi connectivity index (χ2v) is 6.90. The van der Waals surface area contributed by atoms with Gasteiger partial charge in [0.1, 0.15) is 5.76 Å². The summed E-state index contributed by atoms with van der Waals surface area (Å²) in [5.74, 6) is 1.06. The Kier molecular flexibility index (Phi) is 5.47. The highest BCUT2D eigenvalue weighted by atomic mass is 16.3. The summed E-state index contributed by atoms with van der Waals surface area (Å²) >= 11 is 0. The van der Waals surface area contributed by atoms with Gasteiger partial charge in [0.05, 0.1) is 18.6 Å². The molecule has 1 saturated heterocycles. The summed E-state index contributed by atoms with van der Waals surface area (Å²) < 4.78 is 7.73. The largest absolute Gasteiger partial charge is 0.468 e. The van der Waals surface area contributed by atoms with Crippen molar-refractivity contribution in [3.8, 4) is 5.69 Å². The van der Waals surface area contributed by atoms with E-state index < -0.39 is 0 Å². The van der Waals surface area contributed by atoms with Crippen molar-refractivity contribution in [3.63, 3.8) is 0 Å². The summed E-state index contributed by atoms with van der Waals surface area (Å²) in [5.41, 5.74) is 2.42. The number of nitrogens with one attached hydrogen (secondary N) is 1. The lowest BCUT2D eigenvalue weighted by molar-refractivity contribution is 0.142. The third-order valence-corrected chi connectivity index (χ3v) is 5.11. The van der Waals surface area contributed by atoms with Crippen LogP contribution in [0.3, 0.4) is 0 Å². The van der Waals surface area contributed by atoms with Gasteiger partial charge in [0.15, 0.2) is 0 Å². The summed E-state index contributed by atoms with van der Waals surface area (Å²) in [4.78, 5) is 6.65. The Morgan fingerprint density at radius 2 is 1.92 bits per heavy atom. The molecule has 1 aromatic carbocycles. The monoisotopic (exact) mass is 350 g/mol. The van der Waals surface area contributed by atoms with Crippen molar-refractivity contribution < 1.29 is 4.42 Å². The van der Waals surface area contributed by atoms with E-state index in [0.717, 1.165) is 37.6 Å². The number of piperidine rings is 1. The molecular weight excluding hydrogens is 324 g/mol. The van der Waals surface area contributed by atoms with Crippen LogP contribution in [0.25, 0.3) is 5.69 Å². The second-order valence-electron chi connectivity index (χ2n) is 6.90. The van der Waals surface area contributed by atoms with Gasteiger partial charge >= 0.3 is 0 Å². The highest BCUT2D eigenvalue weighted by molar-refractivity contribution is 5.34. The van der Waals surface area contributed by atoms with Crippen LogP contribution in [0.4, 0.5) is 0 Å². The van der Waals surface area contributed by atoms with Gasteiger partial charge in [0.2, 0.25) is 0 Å². The van der Waals surface area contributed by atoms with Crippen LogP contribution in [0, 0.1) is 0 Å². The first-order valence-electron chi connectivity index (χ1n) is 9.45. The molecule has 1 N–H and O–H groups in total. The van der Waals surface area contributed by atoms with Crippen LogP contribution in [0.1, 0.15) is 36.6 Å². The van der Waals surface area contributed by atoms with Crippen molar-refractivity contribution in [3.05, 3.63) is 72.7 Å². The molecule has 5 heteroatoms. The molecule has 0 aliphatic carbocycles. The Labute approximate surface area is 154 Å². The topological polar surface area (TPSA) is 46.2 Å². The fourth-order valence-electron chi connectivity index (χ4n) is 3.67. The minimum atomic E-state index is 0.315. The molecule has 1 fully saturated rings. The van der Waals surface area contributed by atoms with Crippen LogP contribution in [-0.2, 0) is 6.54 Å². The van der Waals surface area contributed by atoms with E-state index in [-0.39, 0.29) is 0 Å². The molecule has 1 unspecified atom stereocenters. The number of hydrogen-bond acceptors (Lipinski definition) is 4. The summed E-state index contributed by atoms with van der Waals surface area (Å²) in [6.07, 6.45) is 11.3. The van der Waals surface area contributed by atoms with E-state index in [1.54, 1.807) is 12.5 Å². The van der Waals surface area contributed by atoms with Crippen LogP contribution in [-0.4, -0.2) is 34.1 Å². The molecule has 1 aliphatic heterocycles. The molecule has 0 spiro atoms. The molecule has 3 aromatic rings. The van der Waals surface area contributed by atoms with Crippen LogP contribution in [0.5, 0.6) is 0 Å². The number of imidazole rings is 1. The van der Waals surface area contributed by atoms with Crippen LogP contribution in [0.2, 0.25) is 0 Å². The summed E-state index contributed by atoms with van der Waals surface area (Å²) in [5, 5.41) is 3.62. The number of rotatable bonds is 7. The average Bonchev–Trinajstić information content (AvgIpc) is 3.40. The van der Waals surface area contributed by atoms with Gasteiger partial charge in [0, 0.05) is 31.2 Å². The summed E-state index contributed by atoms with van der Waals surface area (Å²) in [6, 6.07) is 13.0. The lowest BCUT2D eigenvalue weighted by Crippen LogP contribution is -2.38. The number of furan rings is 1. The van der Waals surface area contributed by atoms with Crippen molar-refractivity contribution in [1.82, 2.24) is 19.8 Å². The third kappa shape index (κ3) is 4.06. The van der Waals surface area contributed by atoms with Crippen LogP contribution in [0.15, 0.2) is 65.8 Å². The maximum absolute atomic E-state index is 5.72. The summed E-state index contributed by atoms with van der Waals surface area (Å²) in [7, 11) is 0. The van der Waals surface area contributed by atoms with Crippen LogP contribution >= 0.6 is 0 Å². The average molecular weight is 350 g/mol. The zero-order valence-electron chi connectivity index (χ0n) is 15.1. The van der Waals surface area contributed by atoms with Gasteiger partial charge in [-0.15, -0.1) is 0 Å². The highest BCUT2D eigenvalue weighted by Gasteiger charge is 2.23. The first kappa shape index (κ1) is 17.1. The predicted octanol–water partition coefficient (Wildman–Crippen LogP) is 3.78. The second kappa shape index (κ2) is 8.34. The number of hydrogen-bond donors (Lipinski definition) is 1. The van der Waals surface area contributed by atoms with E-state index in [1.807, 2.05) is 23.2 Å². The Morgan fingerprint density at radius 1 is 1.08 bits per heavy atom. The fraction of sp³-hybridized carbons (Fsp3) is 0.381. The van der Waals surface area contributed by atoms with Gasteiger partial charge in [-0.3, -0.25) is 4.90 Å². The minimum Gasteiger partial charge on any atom is -0.468 e. The molecule has 5 nitrogen and oxygen atoms in total. The van der Waals surface area contributed by atoms with Gasteiger partial charge < -0.3 is 14.3 Å². The predicted molar refractivity (Wildman–Crippen MR) is 102 cm³/mol. The van der Waals surface area contributed by atoms with Crippen molar-refractivity contribution in [2.45, 2.75) is 31.8 Å². The van der Waals surface area contributed by atoms with Gasteiger partial charge in [-0.05, 0) is 55.8 Å². The van der Waals surface area contributed by atoms with Gasteiger partial charge in [-0.1, -0.05) is 18.6 Å². The molecule has 4 rings (SSSR count). The molecule has 0 saturated carbocycles. The number of aromatic nitrogens is 2. The number of likely N-dealkylation sites (tertiary alicyclic amines) is 1. The number of benzene rings is 1. The molecule has 136 valence electrons. The Hall–Kier alpha value is -2.37. The molecule has 0 bridgehead atoms. The van der Waals surface area contributed by atoms with Gasteiger partial charge in [0.25, 0.3) is 0 Å². The Bertz CT molecular complexity index is 759.